The van der Waals surface area contributed by atoms with Crippen molar-refractivity contribution in [2.75, 3.05) is 26.6 Å². The number of hydroxylamine groups is 2. The average molecular weight is 738 g/mol. The van der Waals surface area contributed by atoms with Crippen LogP contribution in [0.5, 0.6) is 0 Å². The van der Waals surface area contributed by atoms with Gasteiger partial charge < -0.3 is 44.5 Å². The van der Waals surface area contributed by atoms with Gasteiger partial charge in [-0.05, 0) is 62.1 Å². The summed E-state index contributed by atoms with van der Waals surface area (Å²) in [6.45, 7) is 5.19. The molecule has 3 aliphatic heterocycles. The first kappa shape index (κ1) is 38.3. The van der Waals surface area contributed by atoms with Gasteiger partial charge in [-0.25, -0.2) is 0 Å². The Balaban J connectivity index is 1.15. The summed E-state index contributed by atoms with van der Waals surface area (Å²) in [5, 5.41) is 26.1. The van der Waals surface area contributed by atoms with Gasteiger partial charge in [-0.1, -0.05) is 36.4 Å². The largest absolute Gasteiger partial charge is 0.499 e. The normalized spacial score (nSPS) is 26.8. The molecule has 4 fully saturated rings. The standard InChI is InChI=1S/C38H47N3O12/c1-37(2,3)52-29(44)11-10-27(21-43)40-34(45)26-9-5-7-24(17-26)19-39-36(47)38-18-28-30-31(50-22-49-30)33(38)53-41(32(38)35(46)51-28)20-25-8-4-6-23(16-25)12-14-48-15-13-42/h4-9,12,14,16-17,27-28,30-33,42-43H,10-11,13,15,18-22H2,1-3H3,(H,39,47)(H,40,45)/t27-,28+,30-,31-,32-,33+,38-/m0/s1. The molecule has 0 spiro atoms. The van der Waals surface area contributed by atoms with Gasteiger partial charge in [-0.15, -0.1) is 0 Å². The van der Waals surface area contributed by atoms with Gasteiger partial charge in [-0.3, -0.25) is 24.0 Å². The summed E-state index contributed by atoms with van der Waals surface area (Å²) in [6.07, 6.45) is 0.855. The van der Waals surface area contributed by atoms with Crippen LogP contribution in [0.3, 0.4) is 0 Å². The summed E-state index contributed by atoms with van der Waals surface area (Å²) in [7, 11) is 0. The number of nitrogens with zero attached hydrogens (tertiary/aromatic N) is 1. The number of aliphatic hydroxyl groups excluding tert-OH is 2. The van der Waals surface area contributed by atoms with Crippen LogP contribution in [-0.4, -0.2) is 108 Å². The summed E-state index contributed by atoms with van der Waals surface area (Å²) in [5.74, 6) is -1.88. The van der Waals surface area contributed by atoms with E-state index < -0.39 is 71.3 Å². The van der Waals surface area contributed by atoms with Crippen molar-refractivity contribution in [2.45, 2.75) is 95.2 Å². The summed E-state index contributed by atoms with van der Waals surface area (Å²) >= 11 is 0. The van der Waals surface area contributed by atoms with E-state index >= 15 is 0 Å². The lowest BCUT2D eigenvalue weighted by Crippen LogP contribution is -2.69. The smallest absolute Gasteiger partial charge is 0.327 e. The van der Waals surface area contributed by atoms with Gasteiger partial charge >= 0.3 is 11.9 Å². The van der Waals surface area contributed by atoms with E-state index in [9.17, 15) is 24.3 Å². The van der Waals surface area contributed by atoms with E-state index in [0.717, 1.165) is 11.1 Å². The number of fused-ring (bicyclic) bond motifs is 4. The van der Waals surface area contributed by atoms with E-state index in [1.165, 1.54) is 11.3 Å². The fourth-order valence-corrected chi connectivity index (χ4v) is 7.39. The highest BCUT2D eigenvalue weighted by atomic mass is 16.8. The number of hydrogen-bond donors (Lipinski definition) is 4. The third-order valence-electron chi connectivity index (χ3n) is 9.66. The Hall–Kier alpha value is -4.38. The van der Waals surface area contributed by atoms with Crippen LogP contribution in [0.2, 0.25) is 0 Å². The third-order valence-corrected chi connectivity index (χ3v) is 9.66. The van der Waals surface area contributed by atoms with Crippen LogP contribution >= 0.6 is 0 Å². The number of carbonyl (C=O) groups is 4. The number of amides is 2. The highest BCUT2D eigenvalue weighted by Crippen LogP contribution is 2.55. The lowest BCUT2D eigenvalue weighted by molar-refractivity contribution is -0.201. The maximum Gasteiger partial charge on any atom is 0.327 e. The maximum absolute atomic E-state index is 14.4. The van der Waals surface area contributed by atoms with Crippen LogP contribution < -0.4 is 10.6 Å². The third kappa shape index (κ3) is 8.56. The van der Waals surface area contributed by atoms with E-state index in [1.54, 1.807) is 51.1 Å². The van der Waals surface area contributed by atoms with Crippen molar-refractivity contribution in [1.82, 2.24) is 15.7 Å². The summed E-state index contributed by atoms with van der Waals surface area (Å²) in [5.41, 5.74) is 0.560. The van der Waals surface area contributed by atoms with Gasteiger partial charge in [0.25, 0.3) is 5.91 Å². The molecule has 0 aromatic heterocycles. The first-order valence-corrected chi connectivity index (χ1v) is 17.8. The zero-order valence-electron chi connectivity index (χ0n) is 30.0. The fraction of sp³-hybridized carbons (Fsp3) is 0.526. The Bertz CT molecular complexity index is 1690. The second-order valence-corrected chi connectivity index (χ2v) is 14.6. The predicted octanol–water partition coefficient (Wildman–Crippen LogP) is 1.74. The molecular formula is C38H47N3O12. The minimum Gasteiger partial charge on any atom is -0.499 e. The molecule has 3 heterocycles. The van der Waals surface area contributed by atoms with Crippen molar-refractivity contribution < 1.29 is 57.9 Å². The van der Waals surface area contributed by atoms with Crippen molar-refractivity contribution in [1.29, 1.82) is 0 Å². The summed E-state index contributed by atoms with van der Waals surface area (Å²) < 4.78 is 28.2. The number of hydrogen-bond acceptors (Lipinski definition) is 13. The van der Waals surface area contributed by atoms with Gasteiger partial charge in [0.05, 0.1) is 32.1 Å². The van der Waals surface area contributed by atoms with Gasteiger partial charge in [0.15, 0.2) is 6.04 Å². The molecule has 3 saturated heterocycles. The maximum atomic E-state index is 14.4. The molecule has 0 radical (unpaired) electrons. The molecule has 4 aliphatic rings. The number of nitrogens with one attached hydrogen (secondary N) is 2. The molecule has 2 aromatic carbocycles. The van der Waals surface area contributed by atoms with E-state index in [1.807, 2.05) is 24.3 Å². The quantitative estimate of drug-likeness (QED) is 0.118. The van der Waals surface area contributed by atoms with Crippen LogP contribution in [0.25, 0.3) is 6.08 Å². The van der Waals surface area contributed by atoms with E-state index in [2.05, 4.69) is 10.6 Å². The second-order valence-electron chi connectivity index (χ2n) is 14.6. The molecule has 15 heteroatoms. The Morgan fingerprint density at radius 1 is 1.08 bits per heavy atom. The van der Waals surface area contributed by atoms with Crippen molar-refractivity contribution in [2.24, 2.45) is 5.41 Å². The molecular weight excluding hydrogens is 690 g/mol. The van der Waals surface area contributed by atoms with Crippen molar-refractivity contribution in [3.8, 4) is 0 Å². The molecule has 1 aliphatic carbocycles. The second kappa shape index (κ2) is 16.3. The molecule has 7 atom stereocenters. The number of aliphatic hydroxyl groups is 2. The number of esters is 2. The SMILES string of the molecule is CC(C)(C)OC(=O)CC[C@@H](CO)NC(=O)c1cccc(CNC(=O)[C@@]23C[C@H]4OC(=O)[C@@H]2N(Cc2cccc(C=COCCO)c2)O[C@@H]3[C@H]2OCO[C@H]24)c1. The van der Waals surface area contributed by atoms with Crippen LogP contribution in [-0.2, 0) is 56.0 Å². The van der Waals surface area contributed by atoms with Gasteiger partial charge in [0, 0.05) is 24.9 Å². The molecule has 1 saturated carbocycles. The monoisotopic (exact) mass is 737 g/mol. The van der Waals surface area contributed by atoms with Crippen molar-refractivity contribution in [3.05, 3.63) is 77.0 Å². The van der Waals surface area contributed by atoms with E-state index in [0.29, 0.717) is 11.1 Å². The lowest BCUT2D eigenvalue weighted by Gasteiger charge is -2.48. The van der Waals surface area contributed by atoms with Crippen LogP contribution in [0.4, 0.5) is 0 Å². The first-order chi connectivity index (χ1) is 25.4. The Morgan fingerprint density at radius 2 is 1.85 bits per heavy atom. The molecule has 15 nitrogen and oxygen atoms in total. The number of carbonyl (C=O) groups excluding carboxylic acids is 4. The molecule has 6 rings (SSSR count). The van der Waals surface area contributed by atoms with E-state index in [-0.39, 0.29) is 59.0 Å². The Morgan fingerprint density at radius 3 is 2.62 bits per heavy atom. The molecule has 2 bridgehead atoms. The molecule has 0 unspecified atom stereocenters. The van der Waals surface area contributed by atoms with Crippen LogP contribution in [0.15, 0.2) is 54.8 Å². The van der Waals surface area contributed by atoms with Gasteiger partial charge in [-0.2, -0.15) is 5.06 Å². The van der Waals surface area contributed by atoms with Gasteiger partial charge in [0.2, 0.25) is 5.91 Å². The number of rotatable bonds is 15. The Labute approximate surface area is 307 Å². The zero-order valence-corrected chi connectivity index (χ0v) is 30.0. The van der Waals surface area contributed by atoms with E-state index in [4.69, 9.17) is 33.6 Å². The highest BCUT2D eigenvalue weighted by Gasteiger charge is 2.74. The topological polar surface area (TPSA) is 191 Å². The fourth-order valence-electron chi connectivity index (χ4n) is 7.39. The molecule has 2 amide bonds. The highest BCUT2D eigenvalue weighted by molar-refractivity contribution is 5.95. The number of ether oxygens (including phenoxy) is 5. The average Bonchev–Trinajstić information content (AvgIpc) is 3.75. The minimum absolute atomic E-state index is 0.0225. The molecule has 2 aromatic rings. The minimum atomic E-state index is -1.36. The lowest BCUT2D eigenvalue weighted by atomic mass is 9.62. The predicted molar refractivity (Wildman–Crippen MR) is 186 cm³/mol. The van der Waals surface area contributed by atoms with Crippen LogP contribution in [0.1, 0.15) is 67.1 Å². The summed E-state index contributed by atoms with van der Waals surface area (Å²) in [4.78, 5) is 59.9. The zero-order chi connectivity index (χ0) is 37.8. The molecule has 53 heavy (non-hydrogen) atoms. The van der Waals surface area contributed by atoms with Crippen molar-refractivity contribution >= 4 is 29.8 Å². The Kier molecular flexibility index (Phi) is 11.8. The first-order valence-electron chi connectivity index (χ1n) is 17.8. The number of benzene rings is 2. The molecule has 4 N–H and O–H groups in total. The van der Waals surface area contributed by atoms with Crippen molar-refractivity contribution in [3.63, 3.8) is 0 Å². The van der Waals surface area contributed by atoms with Crippen LogP contribution in [0, 0.1) is 5.41 Å². The molecule has 286 valence electrons. The summed E-state index contributed by atoms with van der Waals surface area (Å²) in [6, 6.07) is 12.5. The van der Waals surface area contributed by atoms with Gasteiger partial charge in [0.1, 0.15) is 48.8 Å².